The van der Waals surface area contributed by atoms with Gasteiger partial charge in [0.05, 0.1) is 17.7 Å². The highest BCUT2D eigenvalue weighted by Crippen LogP contribution is 2.25. The molecule has 0 saturated carbocycles. The van der Waals surface area contributed by atoms with E-state index in [1.165, 1.54) is 0 Å². The molecule has 1 aromatic heterocycles. The van der Waals surface area contributed by atoms with Gasteiger partial charge in [0.15, 0.2) is 0 Å². The molecule has 0 aliphatic heterocycles. The van der Waals surface area contributed by atoms with Crippen LogP contribution in [0.4, 0.5) is 0 Å². The van der Waals surface area contributed by atoms with Gasteiger partial charge < -0.3 is 15.2 Å². The molecule has 0 aliphatic carbocycles. The van der Waals surface area contributed by atoms with Gasteiger partial charge in [-0.25, -0.2) is 4.98 Å². The Labute approximate surface area is 120 Å². The molecule has 5 nitrogen and oxygen atoms in total. The number of nitrogens with zero attached hydrogens (tertiary/aromatic N) is 1. The van der Waals surface area contributed by atoms with Crippen LogP contribution in [-0.4, -0.2) is 29.2 Å². The van der Waals surface area contributed by atoms with Gasteiger partial charge in [0.1, 0.15) is 0 Å². The number of nitrogens with one attached hydrogen (secondary N) is 1. The lowest BCUT2D eigenvalue weighted by molar-refractivity contribution is -0.149. The Morgan fingerprint density at radius 3 is 2.60 bits per heavy atom. The minimum absolute atomic E-state index is 0.440. The second kappa shape index (κ2) is 7.85. The predicted octanol–water partition coefficient (Wildman–Crippen LogP) is 2.46. The summed E-state index contributed by atoms with van der Waals surface area (Å²) < 4.78 is 5.34. The summed E-state index contributed by atoms with van der Waals surface area (Å²) in [4.78, 5) is 15.7. The van der Waals surface area contributed by atoms with Crippen molar-refractivity contribution < 1.29 is 14.6 Å². The number of aromatic nitrogens is 1. The largest absolute Gasteiger partial charge is 0.481 e. The van der Waals surface area contributed by atoms with Crippen LogP contribution >= 0.6 is 0 Å². The van der Waals surface area contributed by atoms with Crippen molar-refractivity contribution >= 4 is 5.97 Å². The monoisotopic (exact) mass is 280 g/mol. The molecule has 0 amide bonds. The zero-order valence-corrected chi connectivity index (χ0v) is 12.5. The number of hydrogen-bond acceptors (Lipinski definition) is 4. The van der Waals surface area contributed by atoms with E-state index < -0.39 is 11.4 Å². The second-order valence-electron chi connectivity index (χ2n) is 4.80. The third-order valence-corrected chi connectivity index (χ3v) is 3.65. The highest BCUT2D eigenvalue weighted by Gasteiger charge is 2.34. The average molecular weight is 280 g/mol. The minimum Gasteiger partial charge on any atom is -0.481 e. The van der Waals surface area contributed by atoms with Crippen molar-refractivity contribution in [2.75, 3.05) is 13.2 Å². The normalized spacial score (nSPS) is 11.3. The molecule has 1 heterocycles. The van der Waals surface area contributed by atoms with Crippen LogP contribution in [0.2, 0.25) is 0 Å². The Morgan fingerprint density at radius 2 is 2.05 bits per heavy atom. The maximum Gasteiger partial charge on any atom is 0.310 e. The molecule has 0 radical (unpaired) electrons. The summed E-state index contributed by atoms with van der Waals surface area (Å²) in [5.74, 6) is -0.145. The molecule has 0 atom stereocenters. The quantitative estimate of drug-likeness (QED) is 0.727. The van der Waals surface area contributed by atoms with Crippen molar-refractivity contribution in [2.45, 2.75) is 40.2 Å². The zero-order valence-electron chi connectivity index (χ0n) is 12.5. The fourth-order valence-corrected chi connectivity index (χ4v) is 2.09. The van der Waals surface area contributed by atoms with Crippen LogP contribution in [0, 0.1) is 5.41 Å². The molecule has 0 fully saturated rings. The topological polar surface area (TPSA) is 71.5 Å². The van der Waals surface area contributed by atoms with E-state index in [2.05, 4.69) is 10.3 Å². The van der Waals surface area contributed by atoms with Gasteiger partial charge in [-0.05, 0) is 25.8 Å². The number of aliphatic carboxylic acids is 1. The van der Waals surface area contributed by atoms with Crippen LogP contribution in [0.5, 0.6) is 5.88 Å². The first-order valence-electron chi connectivity index (χ1n) is 7.10. The summed E-state index contributed by atoms with van der Waals surface area (Å²) >= 11 is 0. The maximum atomic E-state index is 11.4. The molecule has 20 heavy (non-hydrogen) atoms. The summed E-state index contributed by atoms with van der Waals surface area (Å²) in [6.45, 7) is 7.29. The molecule has 1 rings (SSSR count). The Bertz CT molecular complexity index is 431. The first-order chi connectivity index (χ1) is 9.57. The lowest BCUT2D eigenvalue weighted by Crippen LogP contribution is -2.40. The van der Waals surface area contributed by atoms with Gasteiger partial charge in [-0.2, -0.15) is 0 Å². The van der Waals surface area contributed by atoms with Gasteiger partial charge in [0.2, 0.25) is 5.88 Å². The molecular formula is C15H24N2O3. The van der Waals surface area contributed by atoms with Gasteiger partial charge in [-0.15, -0.1) is 0 Å². The molecule has 0 spiro atoms. The van der Waals surface area contributed by atoms with Crippen LogP contribution in [0.15, 0.2) is 18.2 Å². The average Bonchev–Trinajstić information content (AvgIpc) is 2.44. The Morgan fingerprint density at radius 1 is 1.35 bits per heavy atom. The van der Waals surface area contributed by atoms with E-state index in [9.17, 15) is 9.90 Å². The van der Waals surface area contributed by atoms with Crippen LogP contribution in [0.3, 0.4) is 0 Å². The first kappa shape index (κ1) is 16.4. The summed E-state index contributed by atoms with van der Waals surface area (Å²) in [5, 5.41) is 12.6. The van der Waals surface area contributed by atoms with Crippen LogP contribution in [0.1, 0.15) is 39.3 Å². The van der Waals surface area contributed by atoms with Gasteiger partial charge >= 0.3 is 5.97 Å². The van der Waals surface area contributed by atoms with Gasteiger partial charge in [0.25, 0.3) is 0 Å². The van der Waals surface area contributed by atoms with Crippen LogP contribution < -0.4 is 10.1 Å². The Kier molecular flexibility index (Phi) is 6.45. The molecule has 1 aromatic rings. The number of hydrogen-bond donors (Lipinski definition) is 2. The number of pyridine rings is 1. The summed E-state index contributed by atoms with van der Waals surface area (Å²) in [6, 6.07) is 5.60. The number of rotatable bonds is 9. The van der Waals surface area contributed by atoms with Gasteiger partial charge in [-0.3, -0.25) is 4.79 Å². The van der Waals surface area contributed by atoms with Crippen molar-refractivity contribution in [3.8, 4) is 5.88 Å². The van der Waals surface area contributed by atoms with Crippen molar-refractivity contribution in [1.29, 1.82) is 0 Å². The van der Waals surface area contributed by atoms with Gasteiger partial charge in [0, 0.05) is 19.2 Å². The maximum absolute atomic E-state index is 11.4. The fourth-order valence-electron chi connectivity index (χ4n) is 2.09. The third-order valence-electron chi connectivity index (χ3n) is 3.65. The molecule has 0 saturated heterocycles. The molecule has 0 unspecified atom stereocenters. The van der Waals surface area contributed by atoms with Crippen molar-refractivity contribution in [2.24, 2.45) is 5.41 Å². The summed E-state index contributed by atoms with van der Waals surface area (Å²) in [7, 11) is 0. The van der Waals surface area contributed by atoms with Crippen LogP contribution in [0.25, 0.3) is 0 Å². The Balaban J connectivity index is 2.58. The van der Waals surface area contributed by atoms with Crippen molar-refractivity contribution in [3.05, 3.63) is 23.9 Å². The van der Waals surface area contributed by atoms with E-state index in [4.69, 9.17) is 4.74 Å². The van der Waals surface area contributed by atoms with Gasteiger partial charge in [-0.1, -0.05) is 19.9 Å². The SMILES string of the molecule is CCOc1cccc(CNCC(CC)(CC)C(=O)O)n1. The summed E-state index contributed by atoms with van der Waals surface area (Å²) in [6.07, 6.45) is 1.22. The standard InChI is InChI=1S/C15H24N2O3/c1-4-15(5-2,14(18)19)11-16-10-12-8-7-9-13(17-12)20-6-3/h7-9,16H,4-6,10-11H2,1-3H3,(H,18,19). The highest BCUT2D eigenvalue weighted by molar-refractivity contribution is 5.74. The Hall–Kier alpha value is -1.62. The molecular weight excluding hydrogens is 256 g/mol. The fraction of sp³-hybridized carbons (Fsp3) is 0.600. The van der Waals surface area contributed by atoms with Crippen LogP contribution in [-0.2, 0) is 11.3 Å². The van der Waals surface area contributed by atoms with E-state index >= 15 is 0 Å². The molecule has 2 N–H and O–H groups in total. The molecule has 0 bridgehead atoms. The van der Waals surface area contributed by atoms with E-state index in [-0.39, 0.29) is 0 Å². The number of ether oxygens (including phenoxy) is 1. The number of carboxylic acids is 1. The second-order valence-corrected chi connectivity index (χ2v) is 4.80. The smallest absolute Gasteiger partial charge is 0.310 e. The number of carboxylic acid groups (broad SMARTS) is 1. The minimum atomic E-state index is -0.744. The lowest BCUT2D eigenvalue weighted by atomic mass is 9.82. The molecule has 112 valence electrons. The zero-order chi connectivity index (χ0) is 15.0. The summed E-state index contributed by atoms with van der Waals surface area (Å²) in [5.41, 5.74) is 0.153. The van der Waals surface area contributed by atoms with Crippen molar-refractivity contribution in [1.82, 2.24) is 10.3 Å². The lowest BCUT2D eigenvalue weighted by Gasteiger charge is -2.26. The predicted molar refractivity (Wildman–Crippen MR) is 77.8 cm³/mol. The first-order valence-corrected chi connectivity index (χ1v) is 7.10. The molecule has 0 aromatic carbocycles. The molecule has 0 aliphatic rings. The van der Waals surface area contributed by atoms with E-state index in [0.29, 0.717) is 38.4 Å². The van der Waals surface area contributed by atoms with Crippen molar-refractivity contribution in [3.63, 3.8) is 0 Å². The van der Waals surface area contributed by atoms with E-state index in [1.807, 2.05) is 39.0 Å². The highest BCUT2D eigenvalue weighted by atomic mass is 16.5. The third kappa shape index (κ3) is 4.20. The van der Waals surface area contributed by atoms with E-state index in [0.717, 1.165) is 5.69 Å². The number of carbonyl (C=O) groups is 1. The molecule has 5 heteroatoms. The van der Waals surface area contributed by atoms with E-state index in [1.54, 1.807) is 0 Å².